The van der Waals surface area contributed by atoms with Crippen LogP contribution in [0.5, 0.6) is 0 Å². The van der Waals surface area contributed by atoms with E-state index in [1.807, 2.05) is 32.9 Å². The summed E-state index contributed by atoms with van der Waals surface area (Å²) in [4.78, 5) is 25.9. The fourth-order valence-corrected chi connectivity index (χ4v) is 6.13. The smallest absolute Gasteiger partial charge is 0.306 e. The Hall–Kier alpha value is -2.53. The van der Waals surface area contributed by atoms with Crippen LogP contribution in [0.3, 0.4) is 0 Å². The van der Waals surface area contributed by atoms with E-state index in [1.54, 1.807) is 6.08 Å². The molecule has 0 heterocycles. The maximum Gasteiger partial charge on any atom is 0.306 e. The van der Waals surface area contributed by atoms with Crippen molar-refractivity contribution in [3.63, 3.8) is 0 Å². The summed E-state index contributed by atoms with van der Waals surface area (Å²) in [6.45, 7) is 5.54. The van der Waals surface area contributed by atoms with Gasteiger partial charge in [-0.3, -0.25) is 9.59 Å². The van der Waals surface area contributed by atoms with Crippen molar-refractivity contribution in [1.82, 2.24) is 0 Å². The van der Waals surface area contributed by atoms with Crippen LogP contribution in [0.15, 0.2) is 53.6 Å². The van der Waals surface area contributed by atoms with Crippen molar-refractivity contribution in [3.8, 4) is 0 Å². The van der Waals surface area contributed by atoms with Crippen LogP contribution < -0.4 is 0 Å². The predicted molar refractivity (Wildman–Crippen MR) is 137 cm³/mol. The Morgan fingerprint density at radius 2 is 1.77 bits per heavy atom. The van der Waals surface area contributed by atoms with Crippen molar-refractivity contribution in [1.29, 1.82) is 5.41 Å². The molecule has 4 rings (SSSR count). The van der Waals surface area contributed by atoms with E-state index < -0.39 is 11.7 Å². The molecule has 5 heteroatoms. The molecule has 35 heavy (non-hydrogen) atoms. The van der Waals surface area contributed by atoms with Gasteiger partial charge in [-0.2, -0.15) is 0 Å². The highest BCUT2D eigenvalue weighted by Gasteiger charge is 2.40. The van der Waals surface area contributed by atoms with Gasteiger partial charge in [-0.25, -0.2) is 0 Å². The van der Waals surface area contributed by atoms with Gasteiger partial charge in [0.05, 0.1) is 11.8 Å². The number of rotatable bonds is 6. The largest absolute Gasteiger partial charge is 0.460 e. The molecule has 0 bridgehead atoms. The monoisotopic (exact) mass is 477 g/mol. The summed E-state index contributed by atoms with van der Waals surface area (Å²) in [6, 6.07) is 10.6. The lowest BCUT2D eigenvalue weighted by molar-refractivity contribution is -0.156. The number of benzene rings is 1. The van der Waals surface area contributed by atoms with E-state index in [4.69, 9.17) is 10.1 Å². The van der Waals surface area contributed by atoms with Crippen LogP contribution in [0.25, 0.3) is 0 Å². The van der Waals surface area contributed by atoms with Crippen LogP contribution in [0, 0.1) is 23.2 Å². The Kier molecular flexibility index (Phi) is 7.75. The quantitative estimate of drug-likeness (QED) is 0.393. The predicted octanol–water partition coefficient (Wildman–Crippen LogP) is 5.92. The van der Waals surface area contributed by atoms with Crippen molar-refractivity contribution in [2.45, 2.75) is 89.8 Å². The number of Topliss-reactive ketones (excluding diaryl/α,β-unsaturated/α-hetero) is 1. The number of carbonyl (C=O) groups is 2. The summed E-state index contributed by atoms with van der Waals surface area (Å²) in [5, 5.41) is 18.9. The first-order valence-electron chi connectivity index (χ1n) is 13.1. The average Bonchev–Trinajstić information content (AvgIpc) is 3.23. The highest BCUT2D eigenvalue weighted by Crippen LogP contribution is 2.43. The zero-order chi connectivity index (χ0) is 25.2. The van der Waals surface area contributed by atoms with E-state index in [9.17, 15) is 14.7 Å². The Balaban J connectivity index is 1.42. The van der Waals surface area contributed by atoms with Crippen molar-refractivity contribution >= 4 is 17.5 Å². The maximum atomic E-state index is 13.4. The fourth-order valence-electron chi connectivity index (χ4n) is 6.13. The molecule has 2 fully saturated rings. The minimum Gasteiger partial charge on any atom is -0.460 e. The van der Waals surface area contributed by atoms with E-state index >= 15 is 0 Å². The molecular weight excluding hydrogens is 438 g/mol. The number of aliphatic hydroxyl groups excluding tert-OH is 1. The first-order chi connectivity index (χ1) is 16.6. The first kappa shape index (κ1) is 25.6. The fraction of sp³-hybridized carbons (Fsp3) is 0.567. The van der Waals surface area contributed by atoms with Crippen molar-refractivity contribution in [3.05, 3.63) is 59.2 Å². The lowest BCUT2D eigenvalue weighted by Gasteiger charge is -2.24. The zero-order valence-corrected chi connectivity index (χ0v) is 21.3. The third-order valence-corrected chi connectivity index (χ3v) is 7.74. The molecule has 3 aliphatic rings. The number of allylic oxidation sites excluding steroid dienone is 4. The highest BCUT2D eigenvalue weighted by atomic mass is 16.6. The van der Waals surface area contributed by atoms with Gasteiger partial charge in [0.1, 0.15) is 5.60 Å². The molecule has 3 unspecified atom stereocenters. The third kappa shape index (κ3) is 6.38. The van der Waals surface area contributed by atoms with Gasteiger partial charge in [0.2, 0.25) is 0 Å². The van der Waals surface area contributed by atoms with E-state index in [0.29, 0.717) is 30.0 Å². The number of ether oxygens (including phenoxy) is 1. The van der Waals surface area contributed by atoms with E-state index in [1.165, 1.54) is 5.56 Å². The van der Waals surface area contributed by atoms with Crippen LogP contribution in [0.2, 0.25) is 0 Å². The third-order valence-electron chi connectivity index (χ3n) is 7.74. The molecule has 5 atom stereocenters. The lowest BCUT2D eigenvalue weighted by Crippen LogP contribution is -2.26. The summed E-state index contributed by atoms with van der Waals surface area (Å²) in [7, 11) is 0. The molecule has 2 N–H and O–H groups in total. The average molecular weight is 478 g/mol. The van der Waals surface area contributed by atoms with Gasteiger partial charge in [0.15, 0.2) is 5.78 Å². The van der Waals surface area contributed by atoms with Crippen molar-refractivity contribution < 1.29 is 19.4 Å². The molecule has 2 saturated carbocycles. The minimum atomic E-state index is -0.553. The van der Waals surface area contributed by atoms with E-state index in [-0.39, 0.29) is 35.9 Å². The Morgan fingerprint density at radius 1 is 1.03 bits per heavy atom. The van der Waals surface area contributed by atoms with E-state index in [0.717, 1.165) is 37.7 Å². The second kappa shape index (κ2) is 10.6. The molecule has 1 aromatic carbocycles. The number of hydrogen-bond acceptors (Lipinski definition) is 5. The molecule has 0 aromatic heterocycles. The number of ketones is 1. The van der Waals surface area contributed by atoms with Gasteiger partial charge in [-0.1, -0.05) is 36.8 Å². The molecule has 5 nitrogen and oxygen atoms in total. The van der Waals surface area contributed by atoms with Crippen molar-refractivity contribution in [2.75, 3.05) is 0 Å². The number of nitrogens with one attached hydrogen (secondary N) is 1. The van der Waals surface area contributed by atoms with E-state index in [2.05, 4.69) is 24.3 Å². The number of aliphatic hydroxyl groups is 1. The molecule has 3 aliphatic carbocycles. The summed E-state index contributed by atoms with van der Waals surface area (Å²) in [5.41, 5.74) is 2.56. The number of esters is 1. The van der Waals surface area contributed by atoms with Crippen LogP contribution >= 0.6 is 0 Å². The molecule has 0 amide bonds. The van der Waals surface area contributed by atoms with Gasteiger partial charge in [0.25, 0.3) is 0 Å². The second-order valence-electron chi connectivity index (χ2n) is 11.6. The first-order valence-corrected chi connectivity index (χ1v) is 13.1. The Labute approximate surface area is 209 Å². The van der Waals surface area contributed by atoms with Crippen molar-refractivity contribution in [2.24, 2.45) is 17.8 Å². The maximum absolute atomic E-state index is 13.4. The highest BCUT2D eigenvalue weighted by molar-refractivity contribution is 6.17. The summed E-state index contributed by atoms with van der Waals surface area (Å²) in [6.07, 6.45) is 9.22. The molecule has 1 aromatic rings. The molecule has 188 valence electrons. The summed E-state index contributed by atoms with van der Waals surface area (Å²) < 4.78 is 5.50. The van der Waals surface area contributed by atoms with Gasteiger partial charge in [-0.15, -0.1) is 0 Å². The SMILES string of the molecule is CC(C)(C)OC(=O)CC1C[C@H](O)C[C@H]1C1=CC(C(=O)C2CCCC(c3ccccc3)CC2)=CC1=N. The van der Waals surface area contributed by atoms with Gasteiger partial charge in [-0.05, 0) is 100 Å². The van der Waals surface area contributed by atoms with Gasteiger partial charge < -0.3 is 15.3 Å². The van der Waals surface area contributed by atoms with Crippen LogP contribution in [-0.2, 0) is 14.3 Å². The Bertz CT molecular complexity index is 1020. The summed E-state index contributed by atoms with van der Waals surface area (Å²) in [5.74, 6) is 0.166. The normalized spacial score (nSPS) is 29.4. The molecule has 0 spiro atoms. The number of carbonyl (C=O) groups excluding carboxylic acids is 2. The molecule has 0 radical (unpaired) electrons. The lowest BCUT2D eigenvalue weighted by atomic mass is 9.85. The minimum absolute atomic E-state index is 0.00918. The topological polar surface area (TPSA) is 87.5 Å². The molecular formula is C30H39NO4. The summed E-state index contributed by atoms with van der Waals surface area (Å²) >= 11 is 0. The van der Waals surface area contributed by atoms with Crippen LogP contribution in [0.1, 0.15) is 83.6 Å². The standard InChI is InChI=1S/C30H39NO4/c1-30(2,3)35-28(33)17-22-14-24(32)18-25(22)26-15-23(16-27(26)31)29(34)21-11-7-10-20(12-13-21)19-8-5-4-6-9-19/h4-6,8-9,15-16,20-22,24-25,31-32H,7,10-14,17-18H2,1-3H3/t20?,21?,22?,24-,25+/m0/s1. The Morgan fingerprint density at radius 3 is 2.49 bits per heavy atom. The van der Waals surface area contributed by atoms with Gasteiger partial charge >= 0.3 is 5.97 Å². The zero-order valence-electron chi connectivity index (χ0n) is 21.3. The number of hydrogen-bond donors (Lipinski definition) is 2. The second-order valence-corrected chi connectivity index (χ2v) is 11.6. The molecule has 0 saturated heterocycles. The van der Waals surface area contributed by atoms with Crippen LogP contribution in [0.4, 0.5) is 0 Å². The van der Waals surface area contributed by atoms with Gasteiger partial charge in [0, 0.05) is 17.9 Å². The molecule has 0 aliphatic heterocycles. The van der Waals surface area contributed by atoms with Crippen LogP contribution in [-0.4, -0.2) is 34.3 Å².